The van der Waals surface area contributed by atoms with E-state index in [-0.39, 0.29) is 28.8 Å². The number of hydrogen-bond acceptors (Lipinski definition) is 2. The van der Waals surface area contributed by atoms with Crippen molar-refractivity contribution in [2.24, 2.45) is 5.92 Å². The zero-order valence-electron chi connectivity index (χ0n) is 8.59. The van der Waals surface area contributed by atoms with Gasteiger partial charge in [0.05, 0.1) is 0 Å². The van der Waals surface area contributed by atoms with Crippen molar-refractivity contribution in [2.45, 2.75) is 19.9 Å². The minimum atomic E-state index is -0.291. The summed E-state index contributed by atoms with van der Waals surface area (Å²) in [6.45, 7) is 3.98. The Labute approximate surface area is 98.7 Å². The molecular weight excluding hydrogens is 237 g/mol. The third-order valence-electron chi connectivity index (χ3n) is 2.08. The molecule has 0 bridgehead atoms. The summed E-state index contributed by atoms with van der Waals surface area (Å²) in [7, 11) is 0. The zero-order chi connectivity index (χ0) is 11.4. The Morgan fingerprint density at radius 3 is 2.60 bits per heavy atom. The standard InChI is InChI=1S/C10H13Cl2NO2/c1-6(2)7(5-11)13-10(14)8-3-4-9(12)15-8/h3-4,6-7H,5H2,1-2H3,(H,13,14). The molecule has 0 saturated heterocycles. The molecule has 0 saturated carbocycles. The number of rotatable bonds is 4. The maximum Gasteiger partial charge on any atom is 0.287 e. The van der Waals surface area contributed by atoms with Crippen molar-refractivity contribution in [2.75, 3.05) is 5.88 Å². The average Bonchev–Trinajstić information content (AvgIpc) is 2.60. The molecule has 1 unspecified atom stereocenters. The molecule has 0 radical (unpaired) electrons. The number of carbonyl (C=O) groups excluding carboxylic acids is 1. The Morgan fingerprint density at radius 2 is 2.20 bits per heavy atom. The summed E-state index contributed by atoms with van der Waals surface area (Å²) in [5.41, 5.74) is 0. The fourth-order valence-electron chi connectivity index (χ4n) is 1.06. The molecule has 0 fully saturated rings. The van der Waals surface area contributed by atoms with E-state index in [4.69, 9.17) is 27.6 Å². The van der Waals surface area contributed by atoms with Gasteiger partial charge in [-0.05, 0) is 29.7 Å². The lowest BCUT2D eigenvalue weighted by molar-refractivity contribution is 0.0903. The summed E-state index contributed by atoms with van der Waals surface area (Å²) < 4.78 is 4.98. The van der Waals surface area contributed by atoms with Crippen LogP contribution in [0.15, 0.2) is 16.5 Å². The summed E-state index contributed by atoms with van der Waals surface area (Å²) in [5.74, 6) is 0.562. The van der Waals surface area contributed by atoms with Crippen LogP contribution in [0, 0.1) is 5.92 Å². The van der Waals surface area contributed by atoms with Crippen LogP contribution in [0.25, 0.3) is 0 Å². The number of alkyl halides is 1. The molecule has 5 heteroatoms. The number of hydrogen-bond donors (Lipinski definition) is 1. The molecule has 1 aromatic rings. The lowest BCUT2D eigenvalue weighted by Crippen LogP contribution is -2.39. The minimum Gasteiger partial charge on any atom is -0.440 e. The Bertz CT molecular complexity index is 336. The van der Waals surface area contributed by atoms with Gasteiger partial charge in [0.2, 0.25) is 0 Å². The fraction of sp³-hybridized carbons (Fsp3) is 0.500. The van der Waals surface area contributed by atoms with Gasteiger partial charge in [0.1, 0.15) is 0 Å². The maximum atomic E-state index is 11.6. The SMILES string of the molecule is CC(C)C(CCl)NC(=O)c1ccc(Cl)o1. The third-order valence-corrected chi connectivity index (χ3v) is 2.62. The maximum absolute atomic E-state index is 11.6. The highest BCUT2D eigenvalue weighted by Gasteiger charge is 2.18. The van der Waals surface area contributed by atoms with Gasteiger partial charge in [0.15, 0.2) is 11.0 Å². The van der Waals surface area contributed by atoms with Crippen molar-refractivity contribution >= 4 is 29.1 Å². The van der Waals surface area contributed by atoms with E-state index in [9.17, 15) is 4.79 Å². The van der Waals surface area contributed by atoms with Gasteiger partial charge >= 0.3 is 0 Å². The van der Waals surface area contributed by atoms with E-state index < -0.39 is 0 Å². The van der Waals surface area contributed by atoms with Crippen LogP contribution in [-0.4, -0.2) is 17.8 Å². The topological polar surface area (TPSA) is 42.2 Å². The van der Waals surface area contributed by atoms with Crippen LogP contribution in [-0.2, 0) is 0 Å². The van der Waals surface area contributed by atoms with Crippen molar-refractivity contribution < 1.29 is 9.21 Å². The molecule has 0 aliphatic heterocycles. The first kappa shape index (κ1) is 12.4. The van der Waals surface area contributed by atoms with Crippen LogP contribution < -0.4 is 5.32 Å². The van der Waals surface area contributed by atoms with Crippen molar-refractivity contribution in [1.29, 1.82) is 0 Å². The first-order valence-corrected chi connectivity index (χ1v) is 5.58. The van der Waals surface area contributed by atoms with E-state index in [2.05, 4.69) is 5.32 Å². The molecule has 1 amide bonds. The lowest BCUT2D eigenvalue weighted by Gasteiger charge is -2.18. The van der Waals surface area contributed by atoms with Gasteiger partial charge in [0, 0.05) is 11.9 Å². The molecule has 84 valence electrons. The lowest BCUT2D eigenvalue weighted by atomic mass is 10.1. The average molecular weight is 250 g/mol. The van der Waals surface area contributed by atoms with Gasteiger partial charge in [-0.1, -0.05) is 13.8 Å². The number of nitrogens with one attached hydrogen (secondary N) is 1. The first-order valence-electron chi connectivity index (χ1n) is 4.66. The molecule has 0 aliphatic rings. The second kappa shape index (κ2) is 5.42. The third kappa shape index (κ3) is 3.43. The highest BCUT2D eigenvalue weighted by Crippen LogP contribution is 2.13. The van der Waals surface area contributed by atoms with E-state index in [0.717, 1.165) is 0 Å². The summed E-state index contributed by atoms with van der Waals surface area (Å²) in [6, 6.07) is 2.99. The van der Waals surface area contributed by atoms with Crippen LogP contribution in [0.2, 0.25) is 5.22 Å². The fourth-order valence-corrected chi connectivity index (χ4v) is 1.64. The van der Waals surface area contributed by atoms with Crippen molar-refractivity contribution in [3.05, 3.63) is 23.1 Å². The van der Waals surface area contributed by atoms with Gasteiger partial charge in [-0.2, -0.15) is 0 Å². The first-order chi connectivity index (χ1) is 7.04. The van der Waals surface area contributed by atoms with Gasteiger partial charge in [-0.15, -0.1) is 11.6 Å². The highest BCUT2D eigenvalue weighted by molar-refractivity contribution is 6.29. The Balaban J connectivity index is 2.62. The molecule has 15 heavy (non-hydrogen) atoms. The monoisotopic (exact) mass is 249 g/mol. The van der Waals surface area contributed by atoms with Crippen molar-refractivity contribution in [3.8, 4) is 0 Å². The Kier molecular flexibility index (Phi) is 4.48. The van der Waals surface area contributed by atoms with E-state index in [1.165, 1.54) is 12.1 Å². The molecule has 0 spiro atoms. The summed E-state index contributed by atoms with van der Waals surface area (Å²) in [6.07, 6.45) is 0. The largest absolute Gasteiger partial charge is 0.440 e. The van der Waals surface area contributed by atoms with Crippen LogP contribution in [0.4, 0.5) is 0 Å². The number of amides is 1. The molecule has 1 N–H and O–H groups in total. The normalized spacial score (nSPS) is 12.9. The van der Waals surface area contributed by atoms with Crippen LogP contribution >= 0.6 is 23.2 Å². The molecule has 1 atom stereocenters. The number of carbonyl (C=O) groups is 1. The quantitative estimate of drug-likeness (QED) is 0.835. The molecule has 3 nitrogen and oxygen atoms in total. The molecular formula is C10H13Cl2NO2. The van der Waals surface area contributed by atoms with Crippen LogP contribution in [0.1, 0.15) is 24.4 Å². The Hall–Kier alpha value is -0.670. The van der Waals surface area contributed by atoms with E-state index in [0.29, 0.717) is 5.88 Å². The highest BCUT2D eigenvalue weighted by atomic mass is 35.5. The van der Waals surface area contributed by atoms with Crippen LogP contribution in [0.3, 0.4) is 0 Å². The van der Waals surface area contributed by atoms with Crippen LogP contribution in [0.5, 0.6) is 0 Å². The predicted octanol–water partition coefficient (Wildman–Crippen LogP) is 2.93. The summed E-state index contributed by atoms with van der Waals surface area (Å²) >= 11 is 11.3. The zero-order valence-corrected chi connectivity index (χ0v) is 10.1. The molecule has 0 aromatic carbocycles. The van der Waals surface area contributed by atoms with Gasteiger partial charge in [-0.3, -0.25) is 4.79 Å². The van der Waals surface area contributed by atoms with E-state index in [1.807, 2.05) is 13.8 Å². The number of halogens is 2. The smallest absolute Gasteiger partial charge is 0.287 e. The van der Waals surface area contributed by atoms with Crippen molar-refractivity contribution in [3.63, 3.8) is 0 Å². The summed E-state index contributed by atoms with van der Waals surface area (Å²) in [5, 5.41) is 2.97. The number of furan rings is 1. The second-order valence-corrected chi connectivity index (χ2v) is 4.26. The predicted molar refractivity (Wildman–Crippen MR) is 60.5 cm³/mol. The molecule has 1 rings (SSSR count). The molecule has 0 aliphatic carbocycles. The second-order valence-electron chi connectivity index (χ2n) is 3.58. The molecule has 1 aromatic heterocycles. The Morgan fingerprint density at radius 1 is 1.53 bits per heavy atom. The summed E-state index contributed by atoms with van der Waals surface area (Å²) in [4.78, 5) is 11.6. The van der Waals surface area contributed by atoms with Gasteiger partial charge in [0.25, 0.3) is 5.91 Å². The van der Waals surface area contributed by atoms with E-state index >= 15 is 0 Å². The van der Waals surface area contributed by atoms with E-state index in [1.54, 1.807) is 0 Å². The minimum absolute atomic E-state index is 0.0666. The van der Waals surface area contributed by atoms with Gasteiger partial charge < -0.3 is 9.73 Å². The van der Waals surface area contributed by atoms with Gasteiger partial charge in [-0.25, -0.2) is 0 Å². The van der Waals surface area contributed by atoms with Crippen molar-refractivity contribution in [1.82, 2.24) is 5.32 Å². The molecule has 1 heterocycles.